The number of halogens is 2. The van der Waals surface area contributed by atoms with Gasteiger partial charge in [0.15, 0.2) is 5.65 Å². The Labute approximate surface area is 161 Å². The summed E-state index contributed by atoms with van der Waals surface area (Å²) in [5.41, 5.74) is 1.50. The van der Waals surface area contributed by atoms with Crippen LogP contribution in [0.25, 0.3) is 5.65 Å². The summed E-state index contributed by atoms with van der Waals surface area (Å²) < 4.78 is 15.1. The number of pyridine rings is 1. The number of hydrogen-bond donors (Lipinski definition) is 1. The predicted octanol–water partition coefficient (Wildman–Crippen LogP) is 3.05. The first-order chi connectivity index (χ1) is 13.1. The lowest BCUT2D eigenvalue weighted by atomic mass is 9.96. The maximum absolute atomic E-state index is 13.2. The van der Waals surface area contributed by atoms with Gasteiger partial charge in [-0.2, -0.15) is 0 Å². The van der Waals surface area contributed by atoms with E-state index in [0.29, 0.717) is 24.7 Å². The molecule has 2 aromatic heterocycles. The number of anilines is 1. The summed E-state index contributed by atoms with van der Waals surface area (Å²) in [5.74, 6) is 0.396. The number of amides is 1. The second-order valence-corrected chi connectivity index (χ2v) is 7.12. The summed E-state index contributed by atoms with van der Waals surface area (Å²) in [6.07, 6.45) is 3.25. The summed E-state index contributed by atoms with van der Waals surface area (Å²) in [6, 6.07) is 9.88. The van der Waals surface area contributed by atoms with Crippen LogP contribution in [-0.4, -0.2) is 33.6 Å². The van der Waals surface area contributed by atoms with Crippen molar-refractivity contribution in [3.8, 4) is 0 Å². The molecule has 1 amide bonds. The summed E-state index contributed by atoms with van der Waals surface area (Å²) in [7, 11) is 0. The van der Waals surface area contributed by atoms with Crippen molar-refractivity contribution in [3.05, 3.63) is 59.0 Å². The van der Waals surface area contributed by atoms with Crippen LogP contribution in [-0.2, 0) is 11.3 Å². The van der Waals surface area contributed by atoms with Crippen molar-refractivity contribution in [2.24, 2.45) is 5.92 Å². The normalized spacial score (nSPS) is 15.3. The van der Waals surface area contributed by atoms with Crippen LogP contribution in [0, 0.1) is 11.7 Å². The molecule has 6 nitrogen and oxygen atoms in total. The number of carbonyl (C=O) groups excluding carboxylic acids is 1. The van der Waals surface area contributed by atoms with Gasteiger partial charge in [-0.05, 0) is 42.7 Å². The van der Waals surface area contributed by atoms with E-state index in [0.717, 1.165) is 30.0 Å². The molecule has 8 heteroatoms. The van der Waals surface area contributed by atoms with Gasteiger partial charge >= 0.3 is 0 Å². The van der Waals surface area contributed by atoms with Crippen LogP contribution in [0.2, 0.25) is 5.02 Å². The van der Waals surface area contributed by atoms with E-state index in [-0.39, 0.29) is 17.6 Å². The number of benzene rings is 1. The van der Waals surface area contributed by atoms with Gasteiger partial charge in [-0.1, -0.05) is 23.7 Å². The Morgan fingerprint density at radius 1 is 1.22 bits per heavy atom. The highest BCUT2D eigenvalue weighted by molar-refractivity contribution is 6.30. The van der Waals surface area contributed by atoms with Gasteiger partial charge in [0.2, 0.25) is 11.9 Å². The van der Waals surface area contributed by atoms with Crippen molar-refractivity contribution < 1.29 is 9.18 Å². The molecule has 3 aromatic rings. The first-order valence-electron chi connectivity index (χ1n) is 8.87. The van der Waals surface area contributed by atoms with E-state index in [1.54, 1.807) is 24.4 Å². The highest BCUT2D eigenvalue weighted by atomic mass is 35.5. The number of hydrogen-bond acceptors (Lipinski definition) is 4. The van der Waals surface area contributed by atoms with E-state index >= 15 is 0 Å². The Morgan fingerprint density at radius 2 is 2.04 bits per heavy atom. The standard InChI is InChI=1S/C19H19ClFN5O/c20-15-4-5-17-23-24-19(26(17)12-15)25-8-6-14(7-9-25)18(27)22-11-13-2-1-3-16(21)10-13/h1-5,10,12,14H,6-9,11H2,(H,22,27). The Hall–Kier alpha value is -2.67. The number of fused-ring (bicyclic) bond motifs is 1. The molecular weight excluding hydrogens is 369 g/mol. The van der Waals surface area contributed by atoms with Crippen LogP contribution in [0.5, 0.6) is 0 Å². The molecule has 0 unspecified atom stereocenters. The predicted molar refractivity (Wildman–Crippen MR) is 101 cm³/mol. The number of rotatable bonds is 4. The summed E-state index contributed by atoms with van der Waals surface area (Å²) in [4.78, 5) is 14.6. The Kier molecular flexibility index (Phi) is 4.94. The molecule has 4 rings (SSSR count). The van der Waals surface area contributed by atoms with Crippen LogP contribution in [0.3, 0.4) is 0 Å². The molecule has 1 saturated heterocycles. The van der Waals surface area contributed by atoms with E-state index in [4.69, 9.17) is 11.6 Å². The second kappa shape index (κ2) is 7.52. The quantitative estimate of drug-likeness (QED) is 0.747. The first-order valence-corrected chi connectivity index (χ1v) is 9.25. The molecule has 1 aliphatic rings. The molecule has 1 aliphatic heterocycles. The summed E-state index contributed by atoms with van der Waals surface area (Å²) >= 11 is 6.07. The van der Waals surface area contributed by atoms with Crippen LogP contribution >= 0.6 is 11.6 Å². The fourth-order valence-corrected chi connectivity index (χ4v) is 3.55. The van der Waals surface area contributed by atoms with E-state index in [2.05, 4.69) is 20.4 Å². The molecule has 0 aliphatic carbocycles. The Morgan fingerprint density at radius 3 is 2.81 bits per heavy atom. The zero-order valence-corrected chi connectivity index (χ0v) is 15.4. The molecule has 0 spiro atoms. The second-order valence-electron chi connectivity index (χ2n) is 6.68. The topological polar surface area (TPSA) is 62.5 Å². The fraction of sp³-hybridized carbons (Fsp3) is 0.316. The zero-order valence-electron chi connectivity index (χ0n) is 14.6. The van der Waals surface area contributed by atoms with Gasteiger partial charge in [-0.3, -0.25) is 9.20 Å². The SMILES string of the molecule is O=C(NCc1cccc(F)c1)C1CCN(c2nnc3ccc(Cl)cn23)CC1. The van der Waals surface area contributed by atoms with E-state index in [1.807, 2.05) is 10.5 Å². The smallest absolute Gasteiger partial charge is 0.231 e. The van der Waals surface area contributed by atoms with Gasteiger partial charge in [-0.15, -0.1) is 10.2 Å². The molecule has 0 bridgehead atoms. The molecule has 140 valence electrons. The Bertz CT molecular complexity index is 968. The minimum absolute atomic E-state index is 0.00746. The fourth-order valence-electron chi connectivity index (χ4n) is 3.39. The average Bonchev–Trinajstić information content (AvgIpc) is 3.09. The van der Waals surface area contributed by atoms with E-state index in [9.17, 15) is 9.18 Å². The van der Waals surface area contributed by atoms with Gasteiger partial charge in [0.05, 0.1) is 5.02 Å². The highest BCUT2D eigenvalue weighted by Gasteiger charge is 2.27. The third kappa shape index (κ3) is 3.88. The van der Waals surface area contributed by atoms with Gasteiger partial charge < -0.3 is 10.2 Å². The molecule has 1 N–H and O–H groups in total. The molecule has 0 saturated carbocycles. The molecule has 1 fully saturated rings. The number of nitrogens with zero attached hydrogens (tertiary/aromatic N) is 4. The molecule has 0 atom stereocenters. The van der Waals surface area contributed by atoms with Crippen LogP contribution in [0.15, 0.2) is 42.6 Å². The van der Waals surface area contributed by atoms with Crippen molar-refractivity contribution in [3.63, 3.8) is 0 Å². The number of nitrogens with one attached hydrogen (secondary N) is 1. The van der Waals surface area contributed by atoms with E-state index < -0.39 is 0 Å². The largest absolute Gasteiger partial charge is 0.352 e. The number of piperidine rings is 1. The minimum atomic E-state index is -0.296. The van der Waals surface area contributed by atoms with Gasteiger partial charge in [0.1, 0.15) is 5.82 Å². The van der Waals surface area contributed by atoms with Crippen LogP contribution in [0.1, 0.15) is 18.4 Å². The number of carbonyl (C=O) groups is 1. The third-order valence-corrected chi connectivity index (χ3v) is 5.08. The zero-order chi connectivity index (χ0) is 18.8. The lowest BCUT2D eigenvalue weighted by Crippen LogP contribution is -2.41. The van der Waals surface area contributed by atoms with Crippen molar-refractivity contribution in [2.75, 3.05) is 18.0 Å². The molecule has 3 heterocycles. The van der Waals surface area contributed by atoms with Gasteiger partial charge in [-0.25, -0.2) is 4.39 Å². The lowest BCUT2D eigenvalue weighted by molar-refractivity contribution is -0.125. The monoisotopic (exact) mass is 387 g/mol. The molecule has 1 aromatic carbocycles. The Balaban J connectivity index is 1.35. The molecule has 0 radical (unpaired) electrons. The maximum atomic E-state index is 13.2. The van der Waals surface area contributed by atoms with Crippen LogP contribution < -0.4 is 10.2 Å². The minimum Gasteiger partial charge on any atom is -0.352 e. The summed E-state index contributed by atoms with van der Waals surface area (Å²) in [6.45, 7) is 1.76. The first kappa shape index (κ1) is 17.7. The average molecular weight is 388 g/mol. The third-order valence-electron chi connectivity index (χ3n) is 4.85. The van der Waals surface area contributed by atoms with Crippen LogP contribution in [0.4, 0.5) is 10.3 Å². The lowest BCUT2D eigenvalue weighted by Gasteiger charge is -2.31. The summed E-state index contributed by atoms with van der Waals surface area (Å²) in [5, 5.41) is 11.9. The van der Waals surface area contributed by atoms with E-state index in [1.165, 1.54) is 12.1 Å². The number of aromatic nitrogens is 3. The molecular formula is C19H19ClFN5O. The highest BCUT2D eigenvalue weighted by Crippen LogP contribution is 2.24. The maximum Gasteiger partial charge on any atom is 0.231 e. The van der Waals surface area contributed by atoms with Crippen molar-refractivity contribution in [1.82, 2.24) is 19.9 Å². The molecule has 27 heavy (non-hydrogen) atoms. The van der Waals surface area contributed by atoms with Crippen molar-refractivity contribution in [1.29, 1.82) is 0 Å². The van der Waals surface area contributed by atoms with Crippen molar-refractivity contribution >= 4 is 29.1 Å². The van der Waals surface area contributed by atoms with Gasteiger partial charge in [0.25, 0.3) is 0 Å². The van der Waals surface area contributed by atoms with Gasteiger partial charge in [0, 0.05) is 31.7 Å². The van der Waals surface area contributed by atoms with Crippen molar-refractivity contribution in [2.45, 2.75) is 19.4 Å².